The van der Waals surface area contributed by atoms with Crippen LogP contribution in [0.1, 0.15) is 39.5 Å². The van der Waals surface area contributed by atoms with Crippen LogP contribution in [-0.4, -0.2) is 60.1 Å². The number of carbonyl (C=O) groups is 1. The Bertz CT molecular complexity index is 322. The zero-order valence-electron chi connectivity index (χ0n) is 13.3. The number of hydrogen-bond acceptors (Lipinski definition) is 3. The first-order valence-electron chi connectivity index (χ1n) is 7.71. The molecule has 0 saturated heterocycles. The molecule has 1 fully saturated rings. The van der Waals surface area contributed by atoms with Gasteiger partial charge in [-0.3, -0.25) is 9.69 Å². The fraction of sp³-hybridized carbons (Fsp3) is 0.812. The van der Waals surface area contributed by atoms with Crippen molar-refractivity contribution in [3.8, 4) is 0 Å². The van der Waals surface area contributed by atoms with Crippen LogP contribution in [-0.2, 0) is 4.79 Å². The van der Waals surface area contributed by atoms with Gasteiger partial charge in [-0.1, -0.05) is 12.2 Å². The van der Waals surface area contributed by atoms with Gasteiger partial charge < -0.3 is 10.0 Å². The standard InChI is InChI=1S/C16H30N2O2/c1-5-18(10-13(2)3)16(20)11-17(4)15-8-6-14(12-19)7-9-15/h14-15,19H,2,5-12H2,1,3-4H3. The zero-order chi connectivity index (χ0) is 15.1. The smallest absolute Gasteiger partial charge is 0.237 e. The van der Waals surface area contributed by atoms with Crippen molar-refractivity contribution in [2.75, 3.05) is 33.3 Å². The van der Waals surface area contributed by atoms with Crippen LogP contribution in [0.5, 0.6) is 0 Å². The molecule has 0 heterocycles. The normalized spacial score (nSPS) is 22.9. The predicted octanol–water partition coefficient (Wildman–Crippen LogP) is 1.89. The molecule has 1 saturated carbocycles. The number of carbonyl (C=O) groups excluding carboxylic acids is 1. The van der Waals surface area contributed by atoms with Gasteiger partial charge in [0.1, 0.15) is 0 Å². The third-order valence-electron chi connectivity index (χ3n) is 4.28. The molecule has 1 rings (SSSR count). The Hall–Kier alpha value is -0.870. The summed E-state index contributed by atoms with van der Waals surface area (Å²) in [6.45, 7) is 10.0. The molecule has 0 aromatic carbocycles. The highest BCUT2D eigenvalue weighted by Gasteiger charge is 2.25. The molecular weight excluding hydrogens is 252 g/mol. The third kappa shape index (κ3) is 5.25. The lowest BCUT2D eigenvalue weighted by Gasteiger charge is -2.34. The van der Waals surface area contributed by atoms with Crippen molar-refractivity contribution < 1.29 is 9.90 Å². The van der Waals surface area contributed by atoms with Crippen LogP contribution >= 0.6 is 0 Å². The Kier molecular flexibility index (Phi) is 7.24. The fourth-order valence-corrected chi connectivity index (χ4v) is 2.91. The highest BCUT2D eigenvalue weighted by atomic mass is 16.3. The van der Waals surface area contributed by atoms with E-state index in [-0.39, 0.29) is 5.91 Å². The van der Waals surface area contributed by atoms with Crippen LogP contribution in [0, 0.1) is 5.92 Å². The molecule has 0 aromatic rings. The second-order valence-corrected chi connectivity index (χ2v) is 6.14. The maximum atomic E-state index is 12.3. The van der Waals surface area contributed by atoms with Crippen molar-refractivity contribution in [1.82, 2.24) is 9.80 Å². The largest absolute Gasteiger partial charge is 0.396 e. The minimum absolute atomic E-state index is 0.183. The quantitative estimate of drug-likeness (QED) is 0.725. The van der Waals surface area contributed by atoms with E-state index in [0.29, 0.717) is 31.7 Å². The number of hydrogen-bond donors (Lipinski definition) is 1. The van der Waals surface area contributed by atoms with Gasteiger partial charge >= 0.3 is 0 Å². The summed E-state index contributed by atoms with van der Waals surface area (Å²) in [5.74, 6) is 0.646. The molecule has 0 unspecified atom stereocenters. The molecule has 116 valence electrons. The van der Waals surface area contributed by atoms with Gasteiger partial charge in [-0.05, 0) is 52.5 Å². The van der Waals surface area contributed by atoms with Gasteiger partial charge in [-0.15, -0.1) is 0 Å². The van der Waals surface area contributed by atoms with Crippen molar-refractivity contribution in [1.29, 1.82) is 0 Å². The fourth-order valence-electron chi connectivity index (χ4n) is 2.91. The Morgan fingerprint density at radius 1 is 1.25 bits per heavy atom. The van der Waals surface area contributed by atoms with E-state index in [4.69, 9.17) is 5.11 Å². The van der Waals surface area contributed by atoms with Gasteiger partial charge in [0.2, 0.25) is 5.91 Å². The Labute approximate surface area is 123 Å². The Balaban J connectivity index is 2.42. The minimum Gasteiger partial charge on any atom is -0.396 e. The molecule has 1 amide bonds. The molecule has 0 spiro atoms. The molecule has 0 radical (unpaired) electrons. The summed E-state index contributed by atoms with van der Waals surface area (Å²) in [4.78, 5) is 16.3. The summed E-state index contributed by atoms with van der Waals surface area (Å²) in [5, 5.41) is 9.17. The summed E-state index contributed by atoms with van der Waals surface area (Å²) in [6.07, 6.45) is 4.31. The topological polar surface area (TPSA) is 43.8 Å². The maximum Gasteiger partial charge on any atom is 0.237 e. The molecule has 4 heteroatoms. The van der Waals surface area contributed by atoms with Gasteiger partial charge in [0, 0.05) is 25.7 Å². The number of nitrogens with zero attached hydrogens (tertiary/aromatic N) is 2. The van der Waals surface area contributed by atoms with Crippen LogP contribution in [0.25, 0.3) is 0 Å². The van der Waals surface area contributed by atoms with E-state index in [9.17, 15) is 4.79 Å². The summed E-state index contributed by atoms with van der Waals surface area (Å²) < 4.78 is 0. The molecular formula is C16H30N2O2. The predicted molar refractivity (Wildman–Crippen MR) is 82.5 cm³/mol. The molecule has 0 bridgehead atoms. The second-order valence-electron chi connectivity index (χ2n) is 6.14. The molecule has 0 atom stereocenters. The monoisotopic (exact) mass is 282 g/mol. The maximum absolute atomic E-state index is 12.3. The molecule has 4 nitrogen and oxygen atoms in total. The van der Waals surface area contributed by atoms with E-state index < -0.39 is 0 Å². The van der Waals surface area contributed by atoms with Crippen molar-refractivity contribution in [2.45, 2.75) is 45.6 Å². The van der Waals surface area contributed by atoms with E-state index >= 15 is 0 Å². The van der Waals surface area contributed by atoms with E-state index in [1.54, 1.807) is 0 Å². The Morgan fingerprint density at radius 3 is 2.30 bits per heavy atom. The average molecular weight is 282 g/mol. The summed E-state index contributed by atoms with van der Waals surface area (Å²) in [5.41, 5.74) is 1.02. The van der Waals surface area contributed by atoms with E-state index in [1.807, 2.05) is 25.8 Å². The molecule has 1 aliphatic carbocycles. The number of amides is 1. The first kappa shape index (κ1) is 17.2. The first-order chi connectivity index (χ1) is 9.47. The van der Waals surface area contributed by atoms with Crippen LogP contribution < -0.4 is 0 Å². The van der Waals surface area contributed by atoms with E-state index in [1.165, 1.54) is 0 Å². The van der Waals surface area contributed by atoms with E-state index in [2.05, 4.69) is 11.5 Å². The lowest BCUT2D eigenvalue weighted by atomic mass is 9.86. The molecule has 0 aromatic heterocycles. The van der Waals surface area contributed by atoms with Gasteiger partial charge in [0.05, 0.1) is 6.54 Å². The zero-order valence-corrected chi connectivity index (χ0v) is 13.3. The van der Waals surface area contributed by atoms with Crippen molar-refractivity contribution in [2.24, 2.45) is 5.92 Å². The molecule has 20 heavy (non-hydrogen) atoms. The molecule has 0 aliphatic heterocycles. The van der Waals surface area contributed by atoms with Gasteiger partial charge in [0.15, 0.2) is 0 Å². The van der Waals surface area contributed by atoms with Crippen LogP contribution in [0.15, 0.2) is 12.2 Å². The SMILES string of the molecule is C=C(C)CN(CC)C(=O)CN(C)C1CCC(CO)CC1. The van der Waals surface area contributed by atoms with Crippen molar-refractivity contribution in [3.63, 3.8) is 0 Å². The highest BCUT2D eigenvalue weighted by Crippen LogP contribution is 2.26. The Morgan fingerprint density at radius 2 is 1.85 bits per heavy atom. The van der Waals surface area contributed by atoms with Gasteiger partial charge in [0.25, 0.3) is 0 Å². The van der Waals surface area contributed by atoms with Crippen LogP contribution in [0.2, 0.25) is 0 Å². The van der Waals surface area contributed by atoms with Crippen molar-refractivity contribution >= 4 is 5.91 Å². The van der Waals surface area contributed by atoms with Gasteiger partial charge in [-0.25, -0.2) is 0 Å². The third-order valence-corrected chi connectivity index (χ3v) is 4.28. The van der Waals surface area contributed by atoms with Crippen LogP contribution in [0.4, 0.5) is 0 Å². The lowest BCUT2D eigenvalue weighted by molar-refractivity contribution is -0.132. The average Bonchev–Trinajstić information content (AvgIpc) is 2.44. The number of aliphatic hydroxyl groups excluding tert-OH is 1. The minimum atomic E-state index is 0.183. The van der Waals surface area contributed by atoms with E-state index in [0.717, 1.165) is 37.8 Å². The lowest BCUT2D eigenvalue weighted by Crippen LogP contribution is -2.44. The van der Waals surface area contributed by atoms with Gasteiger partial charge in [-0.2, -0.15) is 0 Å². The number of aliphatic hydroxyl groups is 1. The highest BCUT2D eigenvalue weighted by molar-refractivity contribution is 5.78. The summed E-state index contributed by atoms with van der Waals surface area (Å²) >= 11 is 0. The molecule has 1 aliphatic rings. The summed E-state index contributed by atoms with van der Waals surface area (Å²) in [7, 11) is 2.04. The molecule has 1 N–H and O–H groups in total. The summed E-state index contributed by atoms with van der Waals surface area (Å²) in [6, 6.07) is 0.477. The van der Waals surface area contributed by atoms with Crippen molar-refractivity contribution in [3.05, 3.63) is 12.2 Å². The number of likely N-dealkylation sites (N-methyl/N-ethyl adjacent to an activating group) is 2. The number of rotatable bonds is 7. The second kappa shape index (κ2) is 8.42. The van der Waals surface area contributed by atoms with Crippen LogP contribution in [0.3, 0.4) is 0 Å². The first-order valence-corrected chi connectivity index (χ1v) is 7.71.